The Morgan fingerprint density at radius 1 is 0.911 bits per heavy atom. The second-order valence-corrected chi connectivity index (χ2v) is 16.5. The molecule has 1 amide bonds. The molecule has 13 nitrogen and oxygen atoms in total. The maximum Gasteiger partial charge on any atom is 0.410 e. The van der Waals surface area contributed by atoms with Gasteiger partial charge in [-0.05, 0) is 93.8 Å². The van der Waals surface area contributed by atoms with Crippen LogP contribution < -0.4 is 9.47 Å². The number of fused-ring (bicyclic) bond motifs is 1. The molecule has 56 heavy (non-hydrogen) atoms. The molecule has 1 aliphatic carbocycles. The SMILES string of the molecule is CC(C)(C)OC(=O)N1CCC(COS(C)(=O)=O)CC1.COc1cc2c(Oc3ccc(CC(=O)C4(C(=O)Cc5ccc(F)cc5)CC4)cc3F)ncnc2cc1O. The number of aromatic nitrogens is 2. The molecule has 1 saturated heterocycles. The van der Waals surface area contributed by atoms with Gasteiger partial charge < -0.3 is 24.2 Å². The number of ketones is 2. The van der Waals surface area contributed by atoms with E-state index in [0.29, 0.717) is 48.0 Å². The number of Topliss-reactive ketones (excluding diaryl/α,β-unsaturated/α-hetero) is 2. The van der Waals surface area contributed by atoms with Crippen LogP contribution in [0.5, 0.6) is 23.1 Å². The second-order valence-electron chi connectivity index (χ2n) is 14.9. The Labute approximate surface area is 324 Å². The molecule has 6 rings (SSSR count). The highest BCUT2D eigenvalue weighted by molar-refractivity contribution is 7.85. The van der Waals surface area contributed by atoms with Gasteiger partial charge in [0.15, 0.2) is 34.6 Å². The highest BCUT2D eigenvalue weighted by atomic mass is 32.2. The first kappa shape index (κ1) is 41.9. The number of aromatic hydroxyl groups is 1. The Morgan fingerprint density at radius 2 is 1.54 bits per heavy atom. The average molecular weight is 798 g/mol. The summed E-state index contributed by atoms with van der Waals surface area (Å²) >= 11 is 0. The molecule has 2 heterocycles. The van der Waals surface area contributed by atoms with Gasteiger partial charge in [-0.15, -0.1) is 0 Å². The van der Waals surface area contributed by atoms with E-state index in [2.05, 4.69) is 9.97 Å². The van der Waals surface area contributed by atoms with E-state index >= 15 is 0 Å². The van der Waals surface area contributed by atoms with Crippen molar-refractivity contribution in [2.75, 3.05) is 33.1 Å². The zero-order chi connectivity index (χ0) is 40.8. The van der Waals surface area contributed by atoms with Crippen LogP contribution >= 0.6 is 0 Å². The van der Waals surface area contributed by atoms with Gasteiger partial charge in [0.05, 0.1) is 36.3 Å². The lowest BCUT2D eigenvalue weighted by atomic mass is 9.88. The zero-order valence-corrected chi connectivity index (χ0v) is 32.7. The van der Waals surface area contributed by atoms with Gasteiger partial charge in [0.2, 0.25) is 5.88 Å². The van der Waals surface area contributed by atoms with Gasteiger partial charge in [-0.1, -0.05) is 18.2 Å². The van der Waals surface area contributed by atoms with Gasteiger partial charge in [-0.25, -0.2) is 23.5 Å². The fourth-order valence-corrected chi connectivity index (χ4v) is 6.55. The highest BCUT2D eigenvalue weighted by Crippen LogP contribution is 2.49. The lowest BCUT2D eigenvalue weighted by Gasteiger charge is -2.33. The smallest absolute Gasteiger partial charge is 0.410 e. The second kappa shape index (κ2) is 17.3. The summed E-state index contributed by atoms with van der Waals surface area (Å²) in [6.45, 7) is 6.84. The molecule has 0 spiro atoms. The number of ether oxygens (including phenoxy) is 3. The predicted molar refractivity (Wildman–Crippen MR) is 201 cm³/mol. The Morgan fingerprint density at radius 3 is 2.11 bits per heavy atom. The summed E-state index contributed by atoms with van der Waals surface area (Å²) in [6, 6.07) is 12.6. The van der Waals surface area contributed by atoms with E-state index in [-0.39, 0.29) is 66.2 Å². The number of hydrogen-bond donors (Lipinski definition) is 1. The zero-order valence-electron chi connectivity index (χ0n) is 31.8. The molecule has 0 atom stereocenters. The minimum atomic E-state index is -3.38. The lowest BCUT2D eigenvalue weighted by molar-refractivity contribution is -0.133. The van der Waals surface area contributed by atoms with Crippen molar-refractivity contribution in [3.8, 4) is 23.1 Å². The number of carbonyl (C=O) groups is 3. The molecule has 2 aliphatic rings. The van der Waals surface area contributed by atoms with E-state index in [1.54, 1.807) is 11.0 Å². The standard InChI is InChI=1S/C28H22F2N2O5.C12H23NO5S/c1-36-24-13-19-21(14-22(24)33)31-15-32-27(19)37-23-7-4-17(10-20(23)30)12-26(35)28(8-9-28)25(34)11-16-2-5-18(29)6-3-16;1-12(2,3)18-11(14)13-7-5-10(6-8-13)9-17-19(4,15)16/h2-7,10,13-15,33H,8-9,11-12H2,1H3;10H,5-9H2,1-4H3. The molecule has 1 N–H and O–H groups in total. The number of phenols is 1. The number of nitrogens with zero attached hydrogens (tertiary/aromatic N) is 3. The molecular weight excluding hydrogens is 753 g/mol. The van der Waals surface area contributed by atoms with Gasteiger partial charge in [0, 0.05) is 32.0 Å². The number of piperidine rings is 1. The van der Waals surface area contributed by atoms with Crippen LogP contribution in [0.4, 0.5) is 13.6 Å². The Balaban J connectivity index is 0.000000267. The van der Waals surface area contributed by atoms with Gasteiger partial charge >= 0.3 is 6.09 Å². The summed E-state index contributed by atoms with van der Waals surface area (Å²) in [6.07, 6.45) is 4.28. The van der Waals surface area contributed by atoms with Crippen LogP contribution in [0, 0.1) is 23.0 Å². The van der Waals surface area contributed by atoms with Gasteiger partial charge in [0.25, 0.3) is 10.1 Å². The van der Waals surface area contributed by atoms with Crippen LogP contribution in [0.25, 0.3) is 10.9 Å². The minimum Gasteiger partial charge on any atom is -0.504 e. The summed E-state index contributed by atoms with van der Waals surface area (Å²) in [4.78, 5) is 47.5. The third-order valence-corrected chi connectivity index (χ3v) is 9.91. The van der Waals surface area contributed by atoms with E-state index in [4.69, 9.17) is 18.4 Å². The van der Waals surface area contributed by atoms with E-state index in [1.165, 1.54) is 62.0 Å². The molecule has 300 valence electrons. The van der Waals surface area contributed by atoms with Crippen molar-refractivity contribution < 1.29 is 55.1 Å². The van der Waals surface area contributed by atoms with Crippen LogP contribution in [0.2, 0.25) is 0 Å². The fraction of sp³-hybridized carbons (Fsp3) is 0.425. The van der Waals surface area contributed by atoms with Gasteiger partial charge in [-0.2, -0.15) is 8.42 Å². The molecule has 3 aromatic carbocycles. The van der Waals surface area contributed by atoms with Crippen molar-refractivity contribution in [3.05, 3.63) is 83.7 Å². The highest BCUT2D eigenvalue weighted by Gasteiger charge is 2.54. The van der Waals surface area contributed by atoms with Crippen LogP contribution in [0.15, 0.2) is 60.9 Å². The maximum absolute atomic E-state index is 14.9. The molecule has 0 unspecified atom stereocenters. The maximum atomic E-state index is 14.9. The van der Waals surface area contributed by atoms with Gasteiger partial charge in [-0.3, -0.25) is 13.8 Å². The fourth-order valence-electron chi connectivity index (χ4n) is 6.11. The van der Waals surface area contributed by atoms with E-state index in [1.807, 2.05) is 20.8 Å². The molecule has 2 fully saturated rings. The monoisotopic (exact) mass is 797 g/mol. The number of carbonyl (C=O) groups excluding carboxylic acids is 3. The number of benzene rings is 3. The van der Waals surface area contributed by atoms with Crippen LogP contribution in [-0.4, -0.2) is 84.7 Å². The Bertz CT molecular complexity index is 2180. The number of hydrogen-bond acceptors (Lipinski definition) is 12. The number of methoxy groups -OCH3 is 1. The molecular formula is C40H45F2N3O10S. The third-order valence-electron chi connectivity index (χ3n) is 9.35. The largest absolute Gasteiger partial charge is 0.504 e. The topological polar surface area (TPSA) is 172 Å². The van der Waals surface area contributed by atoms with Crippen molar-refractivity contribution in [1.82, 2.24) is 14.9 Å². The molecule has 4 aromatic rings. The Hall–Kier alpha value is -5.22. The normalized spacial score (nSPS) is 15.4. The predicted octanol–water partition coefficient (Wildman–Crippen LogP) is 6.73. The quantitative estimate of drug-likeness (QED) is 0.119. The van der Waals surface area contributed by atoms with E-state index in [0.717, 1.165) is 19.1 Å². The van der Waals surface area contributed by atoms with E-state index in [9.17, 15) is 36.7 Å². The van der Waals surface area contributed by atoms with Crippen molar-refractivity contribution in [2.45, 2.75) is 64.9 Å². The van der Waals surface area contributed by atoms with Crippen molar-refractivity contribution in [2.24, 2.45) is 11.3 Å². The first-order valence-corrected chi connectivity index (χ1v) is 19.8. The molecule has 1 saturated carbocycles. The summed E-state index contributed by atoms with van der Waals surface area (Å²) in [5.41, 5.74) is -0.124. The van der Waals surface area contributed by atoms with E-state index < -0.39 is 32.8 Å². The molecule has 1 aliphatic heterocycles. The van der Waals surface area contributed by atoms with Crippen LogP contribution in [0.3, 0.4) is 0 Å². The average Bonchev–Trinajstić information content (AvgIpc) is 3.95. The Kier molecular flexibility index (Phi) is 12.9. The molecule has 1 aromatic heterocycles. The summed E-state index contributed by atoms with van der Waals surface area (Å²) in [5, 5.41) is 10.4. The van der Waals surface area contributed by atoms with Crippen LogP contribution in [-0.2, 0) is 41.5 Å². The van der Waals surface area contributed by atoms with Crippen LogP contribution in [0.1, 0.15) is 57.6 Å². The number of amides is 1. The summed E-state index contributed by atoms with van der Waals surface area (Å²) in [7, 11) is -1.99. The third kappa shape index (κ3) is 11.2. The van der Waals surface area contributed by atoms with Gasteiger partial charge in [0.1, 0.15) is 17.7 Å². The number of rotatable bonds is 12. The van der Waals surface area contributed by atoms with Crippen molar-refractivity contribution >= 4 is 38.7 Å². The summed E-state index contributed by atoms with van der Waals surface area (Å²) in [5.74, 6) is -1.36. The summed E-state index contributed by atoms with van der Waals surface area (Å²) < 4.78 is 70.7. The molecule has 0 bridgehead atoms. The number of likely N-dealkylation sites (tertiary alicyclic amines) is 1. The first-order valence-electron chi connectivity index (χ1n) is 18.0. The molecule has 0 radical (unpaired) electrons. The first-order chi connectivity index (χ1) is 26.4. The van der Waals surface area contributed by atoms with Crippen molar-refractivity contribution in [1.29, 1.82) is 0 Å². The lowest BCUT2D eigenvalue weighted by Crippen LogP contribution is -2.42. The number of halogens is 2. The number of phenolic OH excluding ortho intramolecular Hbond substituents is 1. The molecule has 16 heteroatoms. The minimum absolute atomic E-state index is 0.0443. The van der Waals surface area contributed by atoms with Crippen molar-refractivity contribution in [3.63, 3.8) is 0 Å².